The van der Waals surface area contributed by atoms with Crippen molar-refractivity contribution in [2.45, 2.75) is 6.92 Å². The Hall–Kier alpha value is -1.09. The molecule has 11 heavy (non-hydrogen) atoms. The van der Waals surface area contributed by atoms with Gasteiger partial charge in [0.25, 0.3) is 0 Å². The maximum atomic E-state index is 4.33. The van der Waals surface area contributed by atoms with Crippen LogP contribution in [0.4, 0.5) is 0 Å². The Morgan fingerprint density at radius 1 is 1.36 bits per heavy atom. The van der Waals surface area contributed by atoms with Crippen molar-refractivity contribution in [1.82, 2.24) is 9.55 Å². The molecule has 56 valence electrons. The fraction of sp³-hybridized carbons (Fsp3) is 0.125. The molecule has 0 N–H and O–H groups in total. The highest BCUT2D eigenvalue weighted by Crippen LogP contribution is 2.13. The van der Waals surface area contributed by atoms with Gasteiger partial charge in [-0.3, -0.25) is 0 Å². The average molecular weight is 164 g/mol. The zero-order valence-corrected chi connectivity index (χ0v) is 7.01. The zero-order chi connectivity index (χ0) is 7.68. The molecule has 0 saturated carbocycles. The standard InChI is InChI=1S/C8H8N2S/c1-7-6-11-8(9-7)10-4-2-3-5-10/h2-6H,1H3. The minimum atomic E-state index is 1.03. The average Bonchev–Trinajstić information content (AvgIpc) is 2.55. The van der Waals surface area contributed by atoms with Gasteiger partial charge in [-0.2, -0.15) is 0 Å². The molecule has 0 aliphatic rings. The highest BCUT2D eigenvalue weighted by atomic mass is 32.1. The molecule has 0 bridgehead atoms. The molecule has 2 nitrogen and oxygen atoms in total. The fourth-order valence-corrected chi connectivity index (χ4v) is 1.69. The van der Waals surface area contributed by atoms with Gasteiger partial charge < -0.3 is 4.57 Å². The first kappa shape index (κ1) is 6.61. The van der Waals surface area contributed by atoms with E-state index in [-0.39, 0.29) is 0 Å². The Morgan fingerprint density at radius 3 is 2.64 bits per heavy atom. The van der Waals surface area contributed by atoms with Crippen molar-refractivity contribution >= 4 is 11.3 Å². The van der Waals surface area contributed by atoms with Crippen molar-refractivity contribution in [1.29, 1.82) is 0 Å². The molecule has 0 unspecified atom stereocenters. The number of thiazole rings is 1. The van der Waals surface area contributed by atoms with Gasteiger partial charge in [0.2, 0.25) is 0 Å². The molecule has 2 aromatic rings. The molecular formula is C8H8N2S. The summed E-state index contributed by atoms with van der Waals surface area (Å²) in [5.74, 6) is 0. The van der Waals surface area contributed by atoms with Crippen LogP contribution in [0.3, 0.4) is 0 Å². The van der Waals surface area contributed by atoms with Crippen LogP contribution in [0.1, 0.15) is 5.69 Å². The molecule has 2 aromatic heterocycles. The summed E-state index contributed by atoms with van der Waals surface area (Å²) in [6, 6.07) is 3.99. The van der Waals surface area contributed by atoms with Crippen molar-refractivity contribution in [3.63, 3.8) is 0 Å². The van der Waals surface area contributed by atoms with Crippen LogP contribution in [-0.2, 0) is 0 Å². The highest BCUT2D eigenvalue weighted by molar-refractivity contribution is 7.12. The van der Waals surface area contributed by atoms with E-state index in [1.54, 1.807) is 11.3 Å². The predicted octanol–water partition coefficient (Wildman–Crippen LogP) is 2.24. The van der Waals surface area contributed by atoms with Crippen molar-refractivity contribution in [3.05, 3.63) is 35.6 Å². The van der Waals surface area contributed by atoms with Gasteiger partial charge in [0.15, 0.2) is 5.13 Å². The molecule has 0 saturated heterocycles. The number of hydrogen-bond donors (Lipinski definition) is 0. The van der Waals surface area contributed by atoms with E-state index in [2.05, 4.69) is 10.4 Å². The van der Waals surface area contributed by atoms with Gasteiger partial charge in [0, 0.05) is 17.8 Å². The number of aromatic nitrogens is 2. The van der Waals surface area contributed by atoms with Gasteiger partial charge in [0.1, 0.15) is 0 Å². The van der Waals surface area contributed by atoms with Gasteiger partial charge in [0.05, 0.1) is 5.69 Å². The second kappa shape index (κ2) is 2.51. The molecule has 2 rings (SSSR count). The topological polar surface area (TPSA) is 17.8 Å². The van der Waals surface area contributed by atoms with Gasteiger partial charge in [-0.15, -0.1) is 11.3 Å². The zero-order valence-electron chi connectivity index (χ0n) is 6.19. The van der Waals surface area contributed by atoms with E-state index in [1.165, 1.54) is 0 Å². The van der Waals surface area contributed by atoms with E-state index in [1.807, 2.05) is 36.0 Å². The van der Waals surface area contributed by atoms with Crippen LogP contribution in [0.25, 0.3) is 5.13 Å². The van der Waals surface area contributed by atoms with Crippen LogP contribution in [0.5, 0.6) is 0 Å². The molecule has 3 heteroatoms. The summed E-state index contributed by atoms with van der Waals surface area (Å²) >= 11 is 1.66. The number of nitrogens with zero attached hydrogens (tertiary/aromatic N) is 2. The van der Waals surface area contributed by atoms with Crippen molar-refractivity contribution in [2.24, 2.45) is 0 Å². The van der Waals surface area contributed by atoms with Crippen molar-refractivity contribution < 1.29 is 0 Å². The van der Waals surface area contributed by atoms with Crippen LogP contribution in [0.15, 0.2) is 29.9 Å². The molecule has 0 aromatic carbocycles. The Kier molecular flexibility index (Phi) is 1.51. The summed E-state index contributed by atoms with van der Waals surface area (Å²) in [4.78, 5) is 4.33. The summed E-state index contributed by atoms with van der Waals surface area (Å²) in [5, 5.41) is 3.09. The molecule has 0 aliphatic heterocycles. The lowest BCUT2D eigenvalue weighted by Gasteiger charge is -1.92. The summed E-state index contributed by atoms with van der Waals surface area (Å²) in [7, 11) is 0. The SMILES string of the molecule is Cc1csc(-n2cccc2)n1. The Labute approximate surface area is 69.1 Å². The lowest BCUT2D eigenvalue weighted by Crippen LogP contribution is -1.86. The van der Waals surface area contributed by atoms with Crippen LogP contribution in [0.2, 0.25) is 0 Å². The van der Waals surface area contributed by atoms with Crippen LogP contribution < -0.4 is 0 Å². The third kappa shape index (κ3) is 1.19. The molecule has 0 atom stereocenters. The van der Waals surface area contributed by atoms with Crippen molar-refractivity contribution in [3.8, 4) is 5.13 Å². The van der Waals surface area contributed by atoms with E-state index in [0.29, 0.717) is 0 Å². The molecule has 0 aliphatic carbocycles. The summed E-state index contributed by atoms with van der Waals surface area (Å²) < 4.78 is 2.01. The van der Waals surface area contributed by atoms with E-state index in [9.17, 15) is 0 Å². The Morgan fingerprint density at radius 2 is 2.09 bits per heavy atom. The number of aryl methyl sites for hydroxylation is 1. The lowest BCUT2D eigenvalue weighted by atomic mass is 10.6. The summed E-state index contributed by atoms with van der Waals surface area (Å²) in [6.07, 6.45) is 4.00. The normalized spacial score (nSPS) is 10.3. The quantitative estimate of drug-likeness (QED) is 0.632. The third-order valence-corrected chi connectivity index (χ3v) is 2.40. The van der Waals surface area contributed by atoms with Crippen LogP contribution >= 0.6 is 11.3 Å². The van der Waals surface area contributed by atoms with Gasteiger partial charge >= 0.3 is 0 Å². The van der Waals surface area contributed by atoms with E-state index in [4.69, 9.17) is 0 Å². The van der Waals surface area contributed by atoms with E-state index in [0.717, 1.165) is 10.8 Å². The van der Waals surface area contributed by atoms with Gasteiger partial charge in [-0.25, -0.2) is 4.98 Å². The number of hydrogen-bond acceptors (Lipinski definition) is 2. The van der Waals surface area contributed by atoms with Crippen molar-refractivity contribution in [2.75, 3.05) is 0 Å². The second-order valence-electron chi connectivity index (χ2n) is 2.36. The molecule has 0 fully saturated rings. The Balaban J connectivity index is 2.45. The smallest absolute Gasteiger partial charge is 0.193 e. The highest BCUT2D eigenvalue weighted by Gasteiger charge is 1.97. The predicted molar refractivity (Wildman–Crippen MR) is 46.2 cm³/mol. The monoisotopic (exact) mass is 164 g/mol. The molecule has 0 amide bonds. The summed E-state index contributed by atoms with van der Waals surface area (Å²) in [5.41, 5.74) is 1.08. The minimum Gasteiger partial charge on any atom is -0.300 e. The number of rotatable bonds is 1. The Bertz CT molecular complexity index is 335. The minimum absolute atomic E-state index is 1.03. The van der Waals surface area contributed by atoms with Crippen LogP contribution in [-0.4, -0.2) is 9.55 Å². The first-order valence-corrected chi connectivity index (χ1v) is 4.30. The molecular weight excluding hydrogens is 156 g/mol. The maximum Gasteiger partial charge on any atom is 0.193 e. The summed E-state index contributed by atoms with van der Waals surface area (Å²) in [6.45, 7) is 2.00. The maximum absolute atomic E-state index is 4.33. The van der Waals surface area contributed by atoms with Gasteiger partial charge in [-0.05, 0) is 19.1 Å². The third-order valence-electron chi connectivity index (χ3n) is 1.43. The largest absolute Gasteiger partial charge is 0.300 e. The molecule has 0 spiro atoms. The van der Waals surface area contributed by atoms with Gasteiger partial charge in [-0.1, -0.05) is 0 Å². The first-order chi connectivity index (χ1) is 5.36. The fourth-order valence-electron chi connectivity index (χ4n) is 0.922. The molecule has 2 heterocycles. The second-order valence-corrected chi connectivity index (χ2v) is 3.20. The van der Waals surface area contributed by atoms with E-state index < -0.39 is 0 Å². The van der Waals surface area contributed by atoms with Crippen LogP contribution in [0, 0.1) is 6.92 Å². The first-order valence-electron chi connectivity index (χ1n) is 3.42. The lowest BCUT2D eigenvalue weighted by molar-refractivity contribution is 1.03. The van der Waals surface area contributed by atoms with E-state index >= 15 is 0 Å². The molecule has 0 radical (unpaired) electrons.